The molecule has 2 N–H and O–H groups in total. The Morgan fingerprint density at radius 1 is 0.643 bits per heavy atom. The highest BCUT2D eigenvalue weighted by Crippen LogP contribution is 2.05. The fourth-order valence-corrected chi connectivity index (χ4v) is 2.13. The summed E-state index contributed by atoms with van der Waals surface area (Å²) in [6.45, 7) is 0. The maximum absolute atomic E-state index is 12.1. The van der Waals surface area contributed by atoms with Crippen molar-refractivity contribution in [2.24, 2.45) is 10.2 Å². The first-order valence-electron chi connectivity index (χ1n) is 8.29. The highest BCUT2D eigenvalue weighted by Gasteiger charge is 2.07. The molecule has 0 saturated heterocycles. The van der Waals surface area contributed by atoms with Gasteiger partial charge in [-0.15, -0.1) is 0 Å². The van der Waals surface area contributed by atoms with Crippen LogP contribution in [0.2, 0.25) is 0 Å². The molecule has 0 atom stereocenters. The van der Waals surface area contributed by atoms with Crippen molar-refractivity contribution in [2.75, 3.05) is 0 Å². The standard InChI is InChI=1S/C20H16N6O2/c27-19(25-23-13-15-5-9-21-10-6-15)17-1-2-18(4-3-17)20(28)26-24-14-16-7-11-22-12-8-16/h1-14H,(H,25,27)(H,26,28)/b23-13+,24-14+. The van der Waals surface area contributed by atoms with Crippen LogP contribution in [0.25, 0.3) is 0 Å². The molecule has 0 saturated carbocycles. The van der Waals surface area contributed by atoms with Crippen molar-refractivity contribution in [2.45, 2.75) is 0 Å². The zero-order valence-electron chi connectivity index (χ0n) is 14.7. The number of nitrogens with zero attached hydrogens (tertiary/aromatic N) is 4. The predicted octanol–water partition coefficient (Wildman–Crippen LogP) is 2.00. The lowest BCUT2D eigenvalue weighted by molar-refractivity contribution is 0.0943. The lowest BCUT2D eigenvalue weighted by Crippen LogP contribution is -2.19. The summed E-state index contributed by atoms with van der Waals surface area (Å²) in [5, 5.41) is 7.78. The van der Waals surface area contributed by atoms with Crippen molar-refractivity contribution >= 4 is 24.2 Å². The molecule has 8 heteroatoms. The number of aromatic nitrogens is 2. The van der Waals surface area contributed by atoms with E-state index in [0.717, 1.165) is 11.1 Å². The highest BCUT2D eigenvalue weighted by atomic mass is 16.2. The third-order valence-electron chi connectivity index (χ3n) is 3.58. The number of hydrazone groups is 2. The number of carbonyl (C=O) groups is 2. The van der Waals surface area contributed by atoms with Crippen LogP contribution >= 0.6 is 0 Å². The van der Waals surface area contributed by atoms with E-state index in [1.807, 2.05) is 0 Å². The number of amides is 2. The van der Waals surface area contributed by atoms with Crippen LogP contribution in [0.4, 0.5) is 0 Å². The molecule has 3 rings (SSSR count). The number of rotatable bonds is 6. The summed E-state index contributed by atoms with van der Waals surface area (Å²) in [5.41, 5.74) is 7.24. The van der Waals surface area contributed by atoms with Crippen LogP contribution in [0.15, 0.2) is 83.5 Å². The van der Waals surface area contributed by atoms with Gasteiger partial charge in [0, 0.05) is 35.9 Å². The Bertz CT molecular complexity index is 904. The Kier molecular flexibility index (Phi) is 6.30. The maximum Gasteiger partial charge on any atom is 0.271 e. The van der Waals surface area contributed by atoms with Crippen LogP contribution in [0.3, 0.4) is 0 Å². The molecular formula is C20H16N6O2. The number of benzene rings is 1. The zero-order valence-corrected chi connectivity index (χ0v) is 14.7. The Balaban J connectivity index is 1.53. The molecule has 0 aliphatic heterocycles. The summed E-state index contributed by atoms with van der Waals surface area (Å²) in [5.74, 6) is -0.763. The number of pyridine rings is 2. The van der Waals surface area contributed by atoms with Crippen LogP contribution in [0.1, 0.15) is 31.8 Å². The number of carbonyl (C=O) groups excluding carboxylic acids is 2. The van der Waals surface area contributed by atoms with E-state index in [4.69, 9.17) is 0 Å². The summed E-state index contributed by atoms with van der Waals surface area (Å²) in [6, 6.07) is 13.2. The molecule has 28 heavy (non-hydrogen) atoms. The van der Waals surface area contributed by atoms with Crippen molar-refractivity contribution < 1.29 is 9.59 Å². The Hall–Kier alpha value is -4.20. The fraction of sp³-hybridized carbons (Fsp3) is 0. The summed E-state index contributed by atoms with van der Waals surface area (Å²) in [6.07, 6.45) is 9.56. The van der Waals surface area contributed by atoms with E-state index in [0.29, 0.717) is 11.1 Å². The number of nitrogens with one attached hydrogen (secondary N) is 2. The summed E-state index contributed by atoms with van der Waals surface area (Å²) < 4.78 is 0. The van der Waals surface area contributed by atoms with Crippen molar-refractivity contribution in [3.05, 3.63) is 95.6 Å². The highest BCUT2D eigenvalue weighted by molar-refractivity contribution is 5.98. The van der Waals surface area contributed by atoms with E-state index in [-0.39, 0.29) is 11.8 Å². The van der Waals surface area contributed by atoms with Gasteiger partial charge in [-0.3, -0.25) is 19.6 Å². The van der Waals surface area contributed by atoms with Gasteiger partial charge in [-0.1, -0.05) is 0 Å². The summed E-state index contributed by atoms with van der Waals surface area (Å²) >= 11 is 0. The minimum Gasteiger partial charge on any atom is -0.267 e. The van der Waals surface area contributed by atoms with E-state index in [1.165, 1.54) is 12.4 Å². The van der Waals surface area contributed by atoms with Gasteiger partial charge in [-0.2, -0.15) is 10.2 Å². The molecule has 0 aliphatic rings. The molecule has 0 bridgehead atoms. The molecule has 3 aromatic rings. The lowest BCUT2D eigenvalue weighted by Gasteiger charge is -2.02. The van der Waals surface area contributed by atoms with Gasteiger partial charge in [0.25, 0.3) is 11.8 Å². The topological polar surface area (TPSA) is 109 Å². The van der Waals surface area contributed by atoms with E-state index in [9.17, 15) is 9.59 Å². The molecule has 0 spiro atoms. The molecule has 0 fully saturated rings. The second-order valence-electron chi connectivity index (χ2n) is 5.54. The SMILES string of the molecule is O=C(N/N=C/c1ccncc1)c1ccc(C(=O)N/N=C/c2ccncc2)cc1. The largest absolute Gasteiger partial charge is 0.271 e. The van der Waals surface area contributed by atoms with Gasteiger partial charge in [-0.05, 0) is 59.7 Å². The van der Waals surface area contributed by atoms with Gasteiger partial charge in [0.1, 0.15) is 0 Å². The lowest BCUT2D eigenvalue weighted by atomic mass is 10.1. The summed E-state index contributed by atoms with van der Waals surface area (Å²) in [7, 11) is 0. The third kappa shape index (κ3) is 5.40. The minimum atomic E-state index is -0.382. The Morgan fingerprint density at radius 2 is 1.00 bits per heavy atom. The average molecular weight is 372 g/mol. The minimum absolute atomic E-state index is 0.378. The number of hydrogen-bond acceptors (Lipinski definition) is 6. The smallest absolute Gasteiger partial charge is 0.267 e. The average Bonchev–Trinajstić information content (AvgIpc) is 2.75. The zero-order chi connectivity index (χ0) is 19.6. The molecule has 8 nitrogen and oxygen atoms in total. The first-order chi connectivity index (χ1) is 13.7. The first kappa shape index (κ1) is 18.6. The summed E-state index contributed by atoms with van der Waals surface area (Å²) in [4.78, 5) is 32.0. The Labute approximate surface area is 161 Å². The van der Waals surface area contributed by atoms with Gasteiger partial charge < -0.3 is 0 Å². The molecule has 2 heterocycles. The van der Waals surface area contributed by atoms with Gasteiger partial charge >= 0.3 is 0 Å². The second-order valence-corrected chi connectivity index (χ2v) is 5.54. The first-order valence-corrected chi connectivity index (χ1v) is 8.29. The van der Waals surface area contributed by atoms with Crippen molar-refractivity contribution in [3.63, 3.8) is 0 Å². The monoisotopic (exact) mass is 372 g/mol. The molecule has 2 aromatic heterocycles. The third-order valence-corrected chi connectivity index (χ3v) is 3.58. The molecular weight excluding hydrogens is 356 g/mol. The van der Waals surface area contributed by atoms with Crippen molar-refractivity contribution in [3.8, 4) is 0 Å². The predicted molar refractivity (Wildman–Crippen MR) is 105 cm³/mol. The van der Waals surface area contributed by atoms with E-state index in [1.54, 1.807) is 73.3 Å². The van der Waals surface area contributed by atoms with Crippen LogP contribution in [-0.4, -0.2) is 34.2 Å². The number of hydrogen-bond donors (Lipinski definition) is 2. The fourth-order valence-electron chi connectivity index (χ4n) is 2.13. The van der Waals surface area contributed by atoms with Crippen LogP contribution in [0, 0.1) is 0 Å². The van der Waals surface area contributed by atoms with E-state index in [2.05, 4.69) is 31.0 Å². The van der Waals surface area contributed by atoms with Gasteiger partial charge in [-0.25, -0.2) is 10.9 Å². The van der Waals surface area contributed by atoms with Gasteiger partial charge in [0.15, 0.2) is 0 Å². The Morgan fingerprint density at radius 3 is 1.36 bits per heavy atom. The van der Waals surface area contributed by atoms with E-state index >= 15 is 0 Å². The van der Waals surface area contributed by atoms with Gasteiger partial charge in [0.05, 0.1) is 12.4 Å². The van der Waals surface area contributed by atoms with Crippen LogP contribution in [0.5, 0.6) is 0 Å². The normalized spacial score (nSPS) is 10.9. The molecule has 0 radical (unpaired) electrons. The van der Waals surface area contributed by atoms with Crippen molar-refractivity contribution in [1.29, 1.82) is 0 Å². The van der Waals surface area contributed by atoms with Crippen LogP contribution < -0.4 is 10.9 Å². The maximum atomic E-state index is 12.1. The van der Waals surface area contributed by atoms with E-state index < -0.39 is 0 Å². The second kappa shape index (κ2) is 9.48. The van der Waals surface area contributed by atoms with Gasteiger partial charge in [0.2, 0.25) is 0 Å². The molecule has 0 aliphatic carbocycles. The molecule has 0 unspecified atom stereocenters. The molecule has 1 aromatic carbocycles. The van der Waals surface area contributed by atoms with Crippen LogP contribution in [-0.2, 0) is 0 Å². The quantitative estimate of drug-likeness (QED) is 0.509. The molecule has 138 valence electrons. The molecule has 2 amide bonds. The van der Waals surface area contributed by atoms with Crippen molar-refractivity contribution in [1.82, 2.24) is 20.8 Å².